The van der Waals surface area contributed by atoms with Crippen LogP contribution in [0, 0.1) is 0 Å². The van der Waals surface area contributed by atoms with Crippen molar-refractivity contribution >= 4 is 39.9 Å². The van der Waals surface area contributed by atoms with Gasteiger partial charge in [-0.1, -0.05) is 18.2 Å². The van der Waals surface area contributed by atoms with Crippen LogP contribution >= 0.6 is 11.3 Å². The van der Waals surface area contributed by atoms with Gasteiger partial charge in [0.05, 0.1) is 11.6 Å². The van der Waals surface area contributed by atoms with E-state index in [0.29, 0.717) is 34.1 Å². The number of carbonyl (C=O) groups excluding carboxylic acids is 3. The number of hydrogen-bond acceptors (Lipinski definition) is 5. The smallest absolute Gasteiger partial charge is 0.257 e. The predicted octanol–water partition coefficient (Wildman–Crippen LogP) is 3.16. The lowest BCUT2D eigenvalue weighted by molar-refractivity contribution is -0.117. The van der Waals surface area contributed by atoms with Crippen molar-refractivity contribution in [2.24, 2.45) is 5.73 Å². The lowest BCUT2D eigenvalue weighted by atomic mass is 10.1. The van der Waals surface area contributed by atoms with E-state index in [4.69, 9.17) is 5.73 Å². The quantitative estimate of drug-likeness (QED) is 0.604. The van der Waals surface area contributed by atoms with Crippen molar-refractivity contribution in [2.75, 3.05) is 10.6 Å². The van der Waals surface area contributed by atoms with Crippen molar-refractivity contribution in [1.29, 1.82) is 0 Å². The van der Waals surface area contributed by atoms with Gasteiger partial charge in [0.2, 0.25) is 11.8 Å². The first-order valence-electron chi connectivity index (χ1n) is 9.08. The number of rotatable bonds is 5. The van der Waals surface area contributed by atoms with Gasteiger partial charge in [0.15, 0.2) is 5.13 Å². The predicted molar refractivity (Wildman–Crippen MR) is 111 cm³/mol. The Labute approximate surface area is 171 Å². The first-order valence-corrected chi connectivity index (χ1v) is 9.89. The van der Waals surface area contributed by atoms with Crippen LogP contribution in [0.5, 0.6) is 0 Å². The number of aromatic nitrogens is 1. The van der Waals surface area contributed by atoms with Crippen LogP contribution in [0.15, 0.2) is 54.6 Å². The van der Waals surface area contributed by atoms with Gasteiger partial charge in [-0.2, -0.15) is 0 Å². The van der Waals surface area contributed by atoms with Crippen molar-refractivity contribution in [1.82, 2.24) is 4.98 Å². The molecule has 0 saturated heterocycles. The molecule has 1 heterocycles. The standard InChI is InChI=1S/C21H18N4O3S/c22-18(26)12-6-8-14(9-7-12)23-20(28)15-10-11-16-17(15)24-21(29-16)25-19(27)13-4-2-1-3-5-13/h1-9,15H,10-11H2,(H2,22,26)(H,23,28)(H,24,25,27)/t15-/m1/s1. The summed E-state index contributed by atoms with van der Waals surface area (Å²) in [6.07, 6.45) is 1.42. The van der Waals surface area contributed by atoms with E-state index in [-0.39, 0.29) is 17.7 Å². The van der Waals surface area contributed by atoms with Gasteiger partial charge in [0, 0.05) is 21.7 Å². The molecule has 0 bridgehead atoms. The number of anilines is 2. The van der Waals surface area contributed by atoms with Crippen LogP contribution < -0.4 is 16.4 Å². The zero-order chi connectivity index (χ0) is 20.4. The minimum atomic E-state index is -0.518. The average Bonchev–Trinajstić information content (AvgIpc) is 3.29. The lowest BCUT2D eigenvalue weighted by Crippen LogP contribution is -2.20. The Balaban J connectivity index is 1.45. The van der Waals surface area contributed by atoms with Gasteiger partial charge in [-0.15, -0.1) is 11.3 Å². The number of hydrogen-bond donors (Lipinski definition) is 3. The largest absolute Gasteiger partial charge is 0.366 e. The van der Waals surface area contributed by atoms with E-state index < -0.39 is 5.91 Å². The Morgan fingerprint density at radius 1 is 0.966 bits per heavy atom. The zero-order valence-electron chi connectivity index (χ0n) is 15.3. The highest BCUT2D eigenvalue weighted by Crippen LogP contribution is 2.39. The molecule has 0 unspecified atom stereocenters. The molecule has 0 spiro atoms. The maximum atomic E-state index is 12.7. The summed E-state index contributed by atoms with van der Waals surface area (Å²) in [6.45, 7) is 0. The Hall–Kier alpha value is -3.52. The Kier molecular flexibility index (Phi) is 5.09. The molecule has 3 aromatic rings. The number of carbonyl (C=O) groups is 3. The highest BCUT2D eigenvalue weighted by Gasteiger charge is 2.33. The lowest BCUT2D eigenvalue weighted by Gasteiger charge is -2.11. The summed E-state index contributed by atoms with van der Waals surface area (Å²) in [6, 6.07) is 15.3. The second-order valence-corrected chi connectivity index (χ2v) is 7.75. The SMILES string of the molecule is NC(=O)c1ccc(NC(=O)[C@@H]2CCc3sc(NC(=O)c4ccccc4)nc32)cc1. The number of nitrogens with two attached hydrogens (primary N) is 1. The molecular weight excluding hydrogens is 388 g/mol. The van der Waals surface area contributed by atoms with Crippen molar-refractivity contribution < 1.29 is 14.4 Å². The van der Waals surface area contributed by atoms with Crippen LogP contribution in [0.2, 0.25) is 0 Å². The van der Waals surface area contributed by atoms with Crippen LogP contribution in [0.4, 0.5) is 10.8 Å². The van der Waals surface area contributed by atoms with Gasteiger partial charge in [0.1, 0.15) is 0 Å². The van der Waals surface area contributed by atoms with Crippen LogP contribution in [0.3, 0.4) is 0 Å². The number of primary amides is 1. The topological polar surface area (TPSA) is 114 Å². The van der Waals surface area contributed by atoms with Crippen LogP contribution in [0.1, 0.15) is 43.6 Å². The van der Waals surface area contributed by atoms with Crippen molar-refractivity contribution in [3.63, 3.8) is 0 Å². The molecule has 1 aliphatic rings. The summed E-state index contributed by atoms with van der Waals surface area (Å²) < 4.78 is 0. The van der Waals surface area contributed by atoms with E-state index in [2.05, 4.69) is 15.6 Å². The molecule has 4 rings (SSSR count). The third kappa shape index (κ3) is 4.02. The summed E-state index contributed by atoms with van der Waals surface area (Å²) >= 11 is 1.40. The molecular formula is C21H18N4O3S. The normalized spacial score (nSPS) is 14.8. The number of nitrogens with zero attached hydrogens (tertiary/aromatic N) is 1. The molecule has 2 aromatic carbocycles. The fourth-order valence-corrected chi connectivity index (χ4v) is 4.28. The Bertz CT molecular complexity index is 1080. The number of thiazole rings is 1. The first kappa shape index (κ1) is 18.8. The number of benzene rings is 2. The highest BCUT2D eigenvalue weighted by molar-refractivity contribution is 7.16. The van der Waals surface area contributed by atoms with Gasteiger partial charge in [-0.3, -0.25) is 19.7 Å². The van der Waals surface area contributed by atoms with E-state index in [0.717, 1.165) is 11.3 Å². The van der Waals surface area contributed by atoms with E-state index in [1.54, 1.807) is 48.5 Å². The molecule has 3 amide bonds. The maximum absolute atomic E-state index is 12.7. The third-order valence-corrected chi connectivity index (χ3v) is 5.77. The molecule has 4 N–H and O–H groups in total. The molecule has 8 heteroatoms. The first-order chi connectivity index (χ1) is 14.0. The van der Waals surface area contributed by atoms with E-state index in [9.17, 15) is 14.4 Å². The third-order valence-electron chi connectivity index (χ3n) is 4.73. The second-order valence-electron chi connectivity index (χ2n) is 6.67. The fraction of sp³-hybridized carbons (Fsp3) is 0.143. The summed E-state index contributed by atoms with van der Waals surface area (Å²) in [4.78, 5) is 41.7. The zero-order valence-corrected chi connectivity index (χ0v) is 16.2. The molecule has 1 aliphatic carbocycles. The minimum absolute atomic E-state index is 0.165. The molecule has 29 heavy (non-hydrogen) atoms. The monoisotopic (exact) mass is 406 g/mol. The maximum Gasteiger partial charge on any atom is 0.257 e. The summed E-state index contributed by atoms with van der Waals surface area (Å²) in [7, 11) is 0. The van der Waals surface area contributed by atoms with Crippen molar-refractivity contribution in [2.45, 2.75) is 18.8 Å². The number of nitrogens with one attached hydrogen (secondary N) is 2. The van der Waals surface area contributed by atoms with Gasteiger partial charge in [0.25, 0.3) is 5.91 Å². The van der Waals surface area contributed by atoms with Gasteiger partial charge >= 0.3 is 0 Å². The molecule has 0 saturated carbocycles. The average molecular weight is 406 g/mol. The summed E-state index contributed by atoms with van der Waals surface area (Å²) in [5.74, 6) is -1.29. The van der Waals surface area contributed by atoms with Crippen molar-refractivity contribution in [3.05, 3.63) is 76.3 Å². The van der Waals surface area contributed by atoms with Crippen molar-refractivity contribution in [3.8, 4) is 0 Å². The summed E-state index contributed by atoms with van der Waals surface area (Å²) in [5.41, 5.74) is 7.46. The van der Waals surface area contributed by atoms with E-state index in [1.165, 1.54) is 11.3 Å². The fourth-order valence-electron chi connectivity index (χ4n) is 3.24. The number of aryl methyl sites for hydroxylation is 1. The number of amides is 3. The molecule has 1 aromatic heterocycles. The second kappa shape index (κ2) is 7.84. The minimum Gasteiger partial charge on any atom is -0.366 e. The molecule has 0 aliphatic heterocycles. The molecule has 146 valence electrons. The van der Waals surface area contributed by atoms with Gasteiger partial charge in [-0.25, -0.2) is 4.98 Å². The Morgan fingerprint density at radius 2 is 1.69 bits per heavy atom. The van der Waals surface area contributed by atoms with E-state index >= 15 is 0 Å². The van der Waals surface area contributed by atoms with Gasteiger partial charge < -0.3 is 11.1 Å². The highest BCUT2D eigenvalue weighted by atomic mass is 32.1. The molecule has 1 atom stereocenters. The van der Waals surface area contributed by atoms with Crippen LogP contribution in [-0.2, 0) is 11.2 Å². The Morgan fingerprint density at radius 3 is 2.38 bits per heavy atom. The van der Waals surface area contributed by atoms with E-state index in [1.807, 2.05) is 6.07 Å². The van der Waals surface area contributed by atoms with Crippen LogP contribution in [-0.4, -0.2) is 22.7 Å². The molecule has 0 radical (unpaired) electrons. The molecule has 7 nitrogen and oxygen atoms in total. The van der Waals surface area contributed by atoms with Gasteiger partial charge in [-0.05, 0) is 49.2 Å². The number of fused-ring (bicyclic) bond motifs is 1. The molecule has 0 fully saturated rings. The van der Waals surface area contributed by atoms with Crippen LogP contribution in [0.25, 0.3) is 0 Å². The summed E-state index contributed by atoms with van der Waals surface area (Å²) in [5, 5.41) is 6.15.